The first kappa shape index (κ1) is 14.4. The molecule has 1 aromatic carbocycles. The molecule has 0 saturated carbocycles. The third-order valence-electron chi connectivity index (χ3n) is 2.54. The lowest BCUT2D eigenvalue weighted by Gasteiger charge is -2.02. The number of ether oxygens (including phenoxy) is 1. The third kappa shape index (κ3) is 3.75. The van der Waals surface area contributed by atoms with E-state index in [2.05, 4.69) is 20.5 Å². The Morgan fingerprint density at radius 2 is 2.24 bits per heavy atom. The van der Waals surface area contributed by atoms with Crippen LogP contribution >= 0.6 is 0 Å². The van der Waals surface area contributed by atoms with Crippen LogP contribution in [0.5, 0.6) is 6.01 Å². The Bertz CT molecular complexity index is 655. The SMILES string of the molecule is CCOc1n[nH]c(NC(=O)Cc2ccccc2[N+](=O)[O-])n1. The number of benzene rings is 1. The molecule has 1 aromatic heterocycles. The molecule has 9 heteroatoms. The number of rotatable bonds is 6. The van der Waals surface area contributed by atoms with Gasteiger partial charge in [0.05, 0.1) is 18.0 Å². The lowest BCUT2D eigenvalue weighted by atomic mass is 10.1. The van der Waals surface area contributed by atoms with Crippen LogP contribution < -0.4 is 10.1 Å². The molecule has 1 heterocycles. The van der Waals surface area contributed by atoms with Crippen molar-refractivity contribution >= 4 is 17.5 Å². The average molecular weight is 291 g/mol. The summed E-state index contributed by atoms with van der Waals surface area (Å²) in [6, 6.07) is 6.19. The van der Waals surface area contributed by atoms with E-state index in [1.807, 2.05) is 0 Å². The molecule has 0 unspecified atom stereocenters. The smallest absolute Gasteiger partial charge is 0.337 e. The molecule has 9 nitrogen and oxygen atoms in total. The number of para-hydroxylation sites is 1. The second kappa shape index (κ2) is 6.46. The topological polar surface area (TPSA) is 123 Å². The van der Waals surface area contributed by atoms with Gasteiger partial charge in [-0.05, 0) is 6.92 Å². The Morgan fingerprint density at radius 3 is 2.95 bits per heavy atom. The van der Waals surface area contributed by atoms with E-state index in [0.717, 1.165) is 0 Å². The molecule has 0 atom stereocenters. The molecule has 0 fully saturated rings. The van der Waals surface area contributed by atoms with Crippen molar-refractivity contribution in [1.82, 2.24) is 15.2 Å². The van der Waals surface area contributed by atoms with E-state index in [1.165, 1.54) is 12.1 Å². The van der Waals surface area contributed by atoms with Gasteiger partial charge >= 0.3 is 6.01 Å². The molecule has 110 valence electrons. The van der Waals surface area contributed by atoms with E-state index in [-0.39, 0.29) is 24.1 Å². The van der Waals surface area contributed by atoms with Crippen LogP contribution in [0, 0.1) is 10.1 Å². The molecular weight excluding hydrogens is 278 g/mol. The van der Waals surface area contributed by atoms with Gasteiger partial charge in [0.15, 0.2) is 0 Å². The minimum atomic E-state index is -0.524. The van der Waals surface area contributed by atoms with Gasteiger partial charge in [0, 0.05) is 11.6 Å². The van der Waals surface area contributed by atoms with Crippen molar-refractivity contribution in [1.29, 1.82) is 0 Å². The van der Waals surface area contributed by atoms with Crippen molar-refractivity contribution in [2.24, 2.45) is 0 Å². The first-order valence-corrected chi connectivity index (χ1v) is 6.17. The average Bonchev–Trinajstić information content (AvgIpc) is 2.86. The van der Waals surface area contributed by atoms with Gasteiger partial charge in [0.1, 0.15) is 0 Å². The number of nitro groups is 1. The first-order chi connectivity index (χ1) is 10.1. The number of H-pyrrole nitrogens is 1. The molecule has 21 heavy (non-hydrogen) atoms. The molecule has 0 spiro atoms. The molecule has 2 rings (SSSR count). The normalized spacial score (nSPS) is 10.1. The van der Waals surface area contributed by atoms with Gasteiger partial charge in [-0.3, -0.25) is 20.2 Å². The number of anilines is 1. The Labute approximate surface area is 119 Å². The fourth-order valence-electron chi connectivity index (χ4n) is 1.68. The van der Waals surface area contributed by atoms with Crippen molar-refractivity contribution in [3.8, 4) is 6.01 Å². The molecule has 0 aliphatic heterocycles. The number of aromatic nitrogens is 3. The summed E-state index contributed by atoms with van der Waals surface area (Å²) in [5.74, 6) is -0.314. The number of aromatic amines is 1. The van der Waals surface area contributed by atoms with Gasteiger partial charge in [0.25, 0.3) is 5.69 Å². The van der Waals surface area contributed by atoms with E-state index in [9.17, 15) is 14.9 Å². The quantitative estimate of drug-likeness (QED) is 0.610. The van der Waals surface area contributed by atoms with Gasteiger partial charge in [-0.2, -0.15) is 4.98 Å². The van der Waals surface area contributed by atoms with Gasteiger partial charge in [0.2, 0.25) is 11.9 Å². The molecule has 0 aliphatic rings. The van der Waals surface area contributed by atoms with E-state index in [1.54, 1.807) is 19.1 Å². The maximum Gasteiger partial charge on any atom is 0.337 e. The van der Waals surface area contributed by atoms with Crippen LogP contribution in [0.4, 0.5) is 11.6 Å². The summed E-state index contributed by atoms with van der Waals surface area (Å²) in [7, 11) is 0. The number of nitrogens with zero attached hydrogens (tertiary/aromatic N) is 3. The summed E-state index contributed by atoms with van der Waals surface area (Å²) in [6.45, 7) is 2.19. The van der Waals surface area contributed by atoms with Crippen LogP contribution in [-0.4, -0.2) is 32.6 Å². The zero-order valence-electron chi connectivity index (χ0n) is 11.2. The van der Waals surface area contributed by atoms with Crippen LogP contribution in [0.25, 0.3) is 0 Å². The number of carbonyl (C=O) groups is 1. The summed E-state index contributed by atoms with van der Waals surface area (Å²) in [5.41, 5.74) is 0.227. The number of carbonyl (C=O) groups excluding carboxylic acids is 1. The predicted molar refractivity (Wildman–Crippen MR) is 73.0 cm³/mol. The minimum absolute atomic E-state index is 0.0970. The van der Waals surface area contributed by atoms with Crippen LogP contribution in [0.2, 0.25) is 0 Å². The third-order valence-corrected chi connectivity index (χ3v) is 2.54. The van der Waals surface area contributed by atoms with Crippen molar-refractivity contribution in [3.05, 3.63) is 39.9 Å². The van der Waals surface area contributed by atoms with Gasteiger partial charge in [-0.1, -0.05) is 18.2 Å². The van der Waals surface area contributed by atoms with E-state index in [0.29, 0.717) is 12.2 Å². The largest absolute Gasteiger partial charge is 0.463 e. The van der Waals surface area contributed by atoms with Gasteiger partial charge in [-0.25, -0.2) is 5.10 Å². The summed E-state index contributed by atoms with van der Waals surface area (Å²) >= 11 is 0. The number of amides is 1. The zero-order chi connectivity index (χ0) is 15.2. The number of hydrogen-bond donors (Lipinski definition) is 2. The van der Waals surface area contributed by atoms with Crippen LogP contribution in [0.1, 0.15) is 12.5 Å². The van der Waals surface area contributed by atoms with Crippen LogP contribution in [0.3, 0.4) is 0 Å². The highest BCUT2D eigenvalue weighted by Crippen LogP contribution is 2.18. The fraction of sp³-hybridized carbons (Fsp3) is 0.250. The highest BCUT2D eigenvalue weighted by molar-refractivity contribution is 5.91. The summed E-state index contributed by atoms with van der Waals surface area (Å²) in [6.07, 6.45) is -0.137. The molecule has 0 saturated heterocycles. The lowest BCUT2D eigenvalue weighted by molar-refractivity contribution is -0.385. The second-order valence-corrected chi connectivity index (χ2v) is 4.01. The molecule has 0 aliphatic carbocycles. The lowest BCUT2D eigenvalue weighted by Crippen LogP contribution is -2.16. The van der Waals surface area contributed by atoms with Gasteiger partial charge < -0.3 is 4.74 Å². The molecular formula is C12H13N5O4. The highest BCUT2D eigenvalue weighted by atomic mass is 16.6. The van der Waals surface area contributed by atoms with E-state index in [4.69, 9.17) is 4.74 Å². The summed E-state index contributed by atoms with van der Waals surface area (Å²) < 4.78 is 5.04. The highest BCUT2D eigenvalue weighted by Gasteiger charge is 2.16. The maximum atomic E-state index is 11.9. The summed E-state index contributed by atoms with van der Waals surface area (Å²) in [4.78, 5) is 26.1. The summed E-state index contributed by atoms with van der Waals surface area (Å²) in [5, 5.41) is 19.6. The number of hydrogen-bond acceptors (Lipinski definition) is 6. The van der Waals surface area contributed by atoms with Crippen molar-refractivity contribution in [3.63, 3.8) is 0 Å². The fourth-order valence-corrected chi connectivity index (χ4v) is 1.68. The minimum Gasteiger partial charge on any atom is -0.463 e. The standard InChI is InChI=1S/C12H13N5O4/c1-2-21-12-14-11(15-16-12)13-10(18)7-8-5-3-4-6-9(8)17(19)20/h3-6H,2,7H2,1H3,(H2,13,14,15,16,18). The molecule has 2 aromatic rings. The Hall–Kier alpha value is -2.97. The van der Waals surface area contributed by atoms with Gasteiger partial charge in [-0.15, -0.1) is 5.10 Å². The Kier molecular flexibility index (Phi) is 4.44. The molecule has 0 bridgehead atoms. The number of nitro benzene ring substituents is 1. The van der Waals surface area contributed by atoms with Crippen molar-refractivity contribution < 1.29 is 14.5 Å². The second-order valence-electron chi connectivity index (χ2n) is 4.01. The molecule has 2 N–H and O–H groups in total. The first-order valence-electron chi connectivity index (χ1n) is 6.17. The predicted octanol–water partition coefficient (Wildman–Crippen LogP) is 1.29. The maximum absolute atomic E-state index is 11.9. The number of nitrogens with one attached hydrogen (secondary N) is 2. The zero-order valence-corrected chi connectivity index (χ0v) is 11.2. The van der Waals surface area contributed by atoms with E-state index < -0.39 is 10.8 Å². The monoisotopic (exact) mass is 291 g/mol. The van der Waals surface area contributed by atoms with Crippen molar-refractivity contribution in [2.45, 2.75) is 13.3 Å². The molecule has 1 amide bonds. The molecule has 0 radical (unpaired) electrons. The van der Waals surface area contributed by atoms with Crippen LogP contribution in [-0.2, 0) is 11.2 Å². The van der Waals surface area contributed by atoms with E-state index >= 15 is 0 Å². The Morgan fingerprint density at radius 1 is 1.48 bits per heavy atom. The van der Waals surface area contributed by atoms with Crippen molar-refractivity contribution in [2.75, 3.05) is 11.9 Å². The van der Waals surface area contributed by atoms with Crippen LogP contribution in [0.15, 0.2) is 24.3 Å². The Balaban J connectivity index is 2.03.